The molecular weight excluding hydrogens is 407 g/mol. The molecule has 30 heavy (non-hydrogen) atoms. The number of nitrogens with zero attached hydrogens (tertiary/aromatic N) is 5. The number of pyridine rings is 1. The van der Waals surface area contributed by atoms with Crippen molar-refractivity contribution in [3.8, 4) is 6.01 Å². The molecule has 160 valence electrons. The number of fused-ring (bicyclic) bond motifs is 4. The number of aromatic nitrogens is 3. The minimum atomic E-state index is -0.609. The van der Waals surface area contributed by atoms with Gasteiger partial charge in [-0.2, -0.15) is 9.97 Å². The standard InChI is InChI=1S/C21H26ClFN6O/c22-18-16(23)17-15(9-24-18)19(28-10-13-3-4-14(11-28)25-13)27-20(26-17)30-12-21-5-1-7-29(21)8-2-6-21/h9,13-14,25H,1-8,10-12H2. The van der Waals surface area contributed by atoms with Crippen LogP contribution in [0.4, 0.5) is 10.2 Å². The summed E-state index contributed by atoms with van der Waals surface area (Å²) in [6.07, 6.45) is 8.57. The number of ether oxygens (including phenoxy) is 1. The Balaban J connectivity index is 1.36. The van der Waals surface area contributed by atoms with Crippen LogP contribution in [0, 0.1) is 5.82 Å². The lowest BCUT2D eigenvalue weighted by atomic mass is 9.95. The van der Waals surface area contributed by atoms with E-state index in [1.165, 1.54) is 12.8 Å². The first kappa shape index (κ1) is 19.0. The predicted molar refractivity (Wildman–Crippen MR) is 113 cm³/mol. The SMILES string of the molecule is Fc1c(Cl)ncc2c(N3CC4CCC(C3)N4)nc(OCC34CCCN3CCC4)nc12. The molecule has 2 bridgehead atoms. The van der Waals surface area contributed by atoms with Crippen LogP contribution in [0.1, 0.15) is 38.5 Å². The van der Waals surface area contributed by atoms with Gasteiger partial charge >= 0.3 is 6.01 Å². The second kappa shape index (κ2) is 7.14. The normalized spacial score (nSPS) is 27.7. The van der Waals surface area contributed by atoms with Gasteiger partial charge in [0, 0.05) is 31.4 Å². The van der Waals surface area contributed by atoms with Crippen molar-refractivity contribution in [1.29, 1.82) is 0 Å². The molecule has 4 saturated heterocycles. The van der Waals surface area contributed by atoms with Gasteiger partial charge in [-0.25, -0.2) is 9.37 Å². The monoisotopic (exact) mass is 432 g/mol. The Morgan fingerprint density at radius 3 is 2.63 bits per heavy atom. The van der Waals surface area contributed by atoms with Crippen LogP contribution in [-0.4, -0.2) is 70.3 Å². The zero-order valence-electron chi connectivity index (χ0n) is 16.9. The molecule has 1 N–H and O–H groups in total. The third kappa shape index (κ3) is 3.03. The van der Waals surface area contributed by atoms with Crippen molar-refractivity contribution in [3.63, 3.8) is 0 Å². The Morgan fingerprint density at radius 1 is 1.17 bits per heavy atom. The Kier molecular flexibility index (Phi) is 4.51. The van der Waals surface area contributed by atoms with Crippen LogP contribution in [0.15, 0.2) is 6.20 Å². The highest BCUT2D eigenvalue weighted by atomic mass is 35.5. The Bertz CT molecular complexity index is 968. The molecule has 2 unspecified atom stereocenters. The zero-order chi connectivity index (χ0) is 20.3. The van der Waals surface area contributed by atoms with Gasteiger partial charge in [0.05, 0.1) is 10.9 Å². The number of hydrogen-bond acceptors (Lipinski definition) is 7. The van der Waals surface area contributed by atoms with Gasteiger partial charge in [-0.15, -0.1) is 0 Å². The first-order valence-corrected chi connectivity index (χ1v) is 11.4. The molecule has 4 fully saturated rings. The third-order valence-electron chi connectivity index (χ3n) is 7.40. The van der Waals surface area contributed by atoms with Crippen LogP contribution in [0.25, 0.3) is 10.9 Å². The van der Waals surface area contributed by atoms with E-state index in [0.717, 1.165) is 51.9 Å². The van der Waals surface area contributed by atoms with Crippen LogP contribution in [0.3, 0.4) is 0 Å². The second-order valence-corrected chi connectivity index (χ2v) is 9.56. The molecule has 0 spiro atoms. The van der Waals surface area contributed by atoms with E-state index in [9.17, 15) is 4.39 Å². The lowest BCUT2D eigenvalue weighted by Gasteiger charge is -2.34. The predicted octanol–water partition coefficient (Wildman–Crippen LogP) is 2.77. The molecule has 4 aliphatic heterocycles. The second-order valence-electron chi connectivity index (χ2n) is 9.21. The fraction of sp³-hybridized carbons (Fsp3) is 0.667. The molecule has 6 heterocycles. The molecule has 0 radical (unpaired) electrons. The van der Waals surface area contributed by atoms with Crippen molar-refractivity contribution < 1.29 is 9.13 Å². The summed E-state index contributed by atoms with van der Waals surface area (Å²) in [5, 5.41) is 4.05. The fourth-order valence-corrected chi connectivity index (χ4v) is 6.07. The molecular formula is C21H26ClFN6O. The van der Waals surface area contributed by atoms with Crippen LogP contribution >= 0.6 is 11.6 Å². The van der Waals surface area contributed by atoms with E-state index in [1.54, 1.807) is 6.20 Å². The van der Waals surface area contributed by atoms with E-state index in [0.29, 0.717) is 29.9 Å². The van der Waals surface area contributed by atoms with Gasteiger partial charge in [0.1, 0.15) is 17.9 Å². The van der Waals surface area contributed by atoms with Crippen LogP contribution in [0.5, 0.6) is 6.01 Å². The maximum atomic E-state index is 14.9. The van der Waals surface area contributed by atoms with Crippen molar-refractivity contribution in [1.82, 2.24) is 25.2 Å². The summed E-state index contributed by atoms with van der Waals surface area (Å²) >= 11 is 5.97. The highest BCUT2D eigenvalue weighted by molar-refractivity contribution is 6.30. The zero-order valence-corrected chi connectivity index (χ0v) is 17.7. The highest BCUT2D eigenvalue weighted by Gasteiger charge is 2.45. The van der Waals surface area contributed by atoms with E-state index < -0.39 is 5.82 Å². The first-order valence-electron chi connectivity index (χ1n) is 11.0. The van der Waals surface area contributed by atoms with Crippen LogP contribution < -0.4 is 15.0 Å². The average molecular weight is 433 g/mol. The summed E-state index contributed by atoms with van der Waals surface area (Å²) in [7, 11) is 0. The van der Waals surface area contributed by atoms with Gasteiger partial charge in [0.15, 0.2) is 11.0 Å². The number of piperazine rings is 1. The molecule has 0 aliphatic carbocycles. The molecule has 9 heteroatoms. The van der Waals surface area contributed by atoms with Crippen LogP contribution in [-0.2, 0) is 0 Å². The number of rotatable bonds is 4. The molecule has 4 aliphatic rings. The maximum Gasteiger partial charge on any atom is 0.319 e. The fourth-order valence-electron chi connectivity index (χ4n) is 5.93. The summed E-state index contributed by atoms with van der Waals surface area (Å²) in [4.78, 5) is 18.0. The molecule has 0 saturated carbocycles. The van der Waals surface area contributed by atoms with E-state index in [1.807, 2.05) is 0 Å². The summed E-state index contributed by atoms with van der Waals surface area (Å²) in [5.41, 5.74) is 0.272. The van der Waals surface area contributed by atoms with Crippen molar-refractivity contribution in [3.05, 3.63) is 17.2 Å². The molecule has 6 rings (SSSR count). The largest absolute Gasteiger partial charge is 0.461 e. The topological polar surface area (TPSA) is 66.4 Å². The summed E-state index contributed by atoms with van der Waals surface area (Å²) < 4.78 is 21.0. The Hall–Kier alpha value is -1.77. The molecule has 2 atom stereocenters. The lowest BCUT2D eigenvalue weighted by Crippen LogP contribution is -2.51. The Labute approximate surface area is 180 Å². The summed E-state index contributed by atoms with van der Waals surface area (Å²) in [6, 6.07) is 1.11. The van der Waals surface area contributed by atoms with E-state index in [4.69, 9.17) is 21.3 Å². The third-order valence-corrected chi connectivity index (χ3v) is 7.66. The van der Waals surface area contributed by atoms with Gasteiger partial charge in [0.2, 0.25) is 0 Å². The van der Waals surface area contributed by atoms with Gasteiger partial charge in [-0.05, 0) is 51.6 Å². The van der Waals surface area contributed by atoms with Crippen molar-refractivity contribution in [2.45, 2.75) is 56.1 Å². The quantitative estimate of drug-likeness (QED) is 0.745. The minimum Gasteiger partial charge on any atom is -0.461 e. The molecule has 2 aromatic rings. The molecule has 0 amide bonds. The minimum absolute atomic E-state index is 0.0844. The average Bonchev–Trinajstić information content (AvgIpc) is 3.42. The lowest BCUT2D eigenvalue weighted by molar-refractivity contribution is 0.108. The number of nitrogens with one attached hydrogen (secondary N) is 1. The van der Waals surface area contributed by atoms with E-state index in [-0.39, 0.29) is 22.2 Å². The number of anilines is 1. The first-order chi connectivity index (χ1) is 14.6. The smallest absolute Gasteiger partial charge is 0.319 e. The molecule has 2 aromatic heterocycles. The molecule has 7 nitrogen and oxygen atoms in total. The maximum absolute atomic E-state index is 14.9. The van der Waals surface area contributed by atoms with Gasteiger partial charge in [0.25, 0.3) is 0 Å². The van der Waals surface area contributed by atoms with Crippen molar-refractivity contribution in [2.75, 3.05) is 37.7 Å². The van der Waals surface area contributed by atoms with E-state index >= 15 is 0 Å². The number of halogens is 2. The summed E-state index contributed by atoms with van der Waals surface area (Å²) in [6.45, 7) is 4.48. The molecule has 0 aromatic carbocycles. The van der Waals surface area contributed by atoms with Crippen molar-refractivity contribution in [2.24, 2.45) is 0 Å². The van der Waals surface area contributed by atoms with Gasteiger partial charge in [-0.3, -0.25) is 4.90 Å². The van der Waals surface area contributed by atoms with Crippen LogP contribution in [0.2, 0.25) is 5.15 Å². The van der Waals surface area contributed by atoms with E-state index in [2.05, 4.69) is 25.1 Å². The summed E-state index contributed by atoms with van der Waals surface area (Å²) in [5.74, 6) is 0.0889. The van der Waals surface area contributed by atoms with Crippen molar-refractivity contribution >= 4 is 28.3 Å². The Morgan fingerprint density at radius 2 is 1.90 bits per heavy atom. The van der Waals surface area contributed by atoms with Gasteiger partial charge < -0.3 is 15.0 Å². The number of hydrogen-bond donors (Lipinski definition) is 1. The highest BCUT2D eigenvalue weighted by Crippen LogP contribution is 2.39. The van der Waals surface area contributed by atoms with Gasteiger partial charge in [-0.1, -0.05) is 11.6 Å².